The first-order valence-corrected chi connectivity index (χ1v) is 11.9. The number of hydrogen-bond donors (Lipinski definition) is 1. The van der Waals surface area contributed by atoms with Crippen LogP contribution in [0, 0.1) is 5.92 Å². The van der Waals surface area contributed by atoms with E-state index in [0.717, 1.165) is 5.56 Å². The van der Waals surface area contributed by atoms with E-state index >= 15 is 0 Å². The molecular formula is C22H27ClN2O4S. The largest absolute Gasteiger partial charge is 0.497 e. The fourth-order valence-electron chi connectivity index (χ4n) is 3.71. The molecule has 2 atom stereocenters. The van der Waals surface area contributed by atoms with Crippen LogP contribution < -0.4 is 10.1 Å². The number of nitrogens with one attached hydrogen (secondary N) is 1. The lowest BCUT2D eigenvalue weighted by Crippen LogP contribution is -2.46. The number of amides is 1. The van der Waals surface area contributed by atoms with Crippen LogP contribution in [0.5, 0.6) is 5.75 Å². The zero-order valence-corrected chi connectivity index (χ0v) is 18.7. The molecule has 0 bridgehead atoms. The molecule has 3 rings (SSSR count). The average molecular weight is 451 g/mol. The Hall–Kier alpha value is -2.09. The van der Waals surface area contributed by atoms with Gasteiger partial charge in [-0.25, -0.2) is 8.42 Å². The summed E-state index contributed by atoms with van der Waals surface area (Å²) in [6.45, 7) is 2.57. The van der Waals surface area contributed by atoms with Crippen LogP contribution in [0.25, 0.3) is 0 Å². The van der Waals surface area contributed by atoms with E-state index in [1.165, 1.54) is 23.5 Å². The van der Waals surface area contributed by atoms with Gasteiger partial charge in [0.15, 0.2) is 0 Å². The molecule has 6 nitrogen and oxygen atoms in total. The van der Waals surface area contributed by atoms with E-state index in [-0.39, 0.29) is 29.3 Å². The van der Waals surface area contributed by atoms with Gasteiger partial charge in [-0.2, -0.15) is 4.31 Å². The third-order valence-corrected chi connectivity index (χ3v) is 7.54. The Bertz CT molecular complexity index is 979. The summed E-state index contributed by atoms with van der Waals surface area (Å²) in [6.07, 6.45) is 2.01. The summed E-state index contributed by atoms with van der Waals surface area (Å²) in [6, 6.07) is 13.6. The van der Waals surface area contributed by atoms with Crippen molar-refractivity contribution in [2.45, 2.75) is 37.1 Å². The molecule has 2 aromatic rings. The van der Waals surface area contributed by atoms with Gasteiger partial charge in [-0.1, -0.05) is 30.7 Å². The van der Waals surface area contributed by atoms with Crippen molar-refractivity contribution in [3.05, 3.63) is 59.1 Å². The van der Waals surface area contributed by atoms with Gasteiger partial charge in [0.2, 0.25) is 15.9 Å². The SMILES string of the molecule is CCC(NC(=O)C1CCCN(S(=O)(=O)c2ccc(OC)cc2)C1)c1cccc(Cl)c1. The molecule has 1 N–H and O–H groups in total. The van der Waals surface area contributed by atoms with E-state index in [0.29, 0.717) is 36.6 Å². The molecule has 1 amide bonds. The minimum Gasteiger partial charge on any atom is -0.497 e. The van der Waals surface area contributed by atoms with Gasteiger partial charge in [0.05, 0.1) is 24.0 Å². The Labute approximate surface area is 183 Å². The second-order valence-electron chi connectivity index (χ2n) is 7.40. The van der Waals surface area contributed by atoms with E-state index in [2.05, 4.69) is 5.32 Å². The smallest absolute Gasteiger partial charge is 0.243 e. The predicted molar refractivity (Wildman–Crippen MR) is 117 cm³/mol. The Morgan fingerprint density at radius 2 is 2.00 bits per heavy atom. The van der Waals surface area contributed by atoms with E-state index in [1.54, 1.807) is 18.2 Å². The fraction of sp³-hybridized carbons (Fsp3) is 0.409. The number of sulfonamides is 1. The van der Waals surface area contributed by atoms with Gasteiger partial charge < -0.3 is 10.1 Å². The molecular weight excluding hydrogens is 424 g/mol. The number of benzene rings is 2. The van der Waals surface area contributed by atoms with Crippen molar-refractivity contribution >= 4 is 27.5 Å². The van der Waals surface area contributed by atoms with Crippen molar-refractivity contribution in [1.29, 1.82) is 0 Å². The minimum atomic E-state index is -3.66. The van der Waals surface area contributed by atoms with Crippen molar-refractivity contribution in [1.82, 2.24) is 9.62 Å². The number of piperidine rings is 1. The molecule has 0 saturated carbocycles. The number of carbonyl (C=O) groups is 1. The molecule has 30 heavy (non-hydrogen) atoms. The van der Waals surface area contributed by atoms with Crippen LogP contribution in [0.4, 0.5) is 0 Å². The number of ether oxygens (including phenoxy) is 1. The molecule has 0 aliphatic carbocycles. The van der Waals surface area contributed by atoms with Crippen LogP contribution in [0.3, 0.4) is 0 Å². The zero-order chi connectivity index (χ0) is 21.7. The van der Waals surface area contributed by atoms with Gasteiger partial charge in [0.25, 0.3) is 0 Å². The molecule has 162 valence electrons. The Morgan fingerprint density at radius 3 is 2.63 bits per heavy atom. The Kier molecular flexibility index (Phi) is 7.39. The third kappa shape index (κ3) is 5.14. The van der Waals surface area contributed by atoms with Gasteiger partial charge >= 0.3 is 0 Å². The van der Waals surface area contributed by atoms with Gasteiger partial charge in [0.1, 0.15) is 5.75 Å². The van der Waals surface area contributed by atoms with E-state index in [1.807, 2.05) is 25.1 Å². The quantitative estimate of drug-likeness (QED) is 0.691. The highest BCUT2D eigenvalue weighted by atomic mass is 35.5. The lowest BCUT2D eigenvalue weighted by Gasteiger charge is -2.32. The van der Waals surface area contributed by atoms with Crippen molar-refractivity contribution in [3.8, 4) is 5.75 Å². The summed E-state index contributed by atoms with van der Waals surface area (Å²) in [7, 11) is -2.13. The zero-order valence-electron chi connectivity index (χ0n) is 17.2. The topological polar surface area (TPSA) is 75.7 Å². The van der Waals surface area contributed by atoms with E-state index in [4.69, 9.17) is 16.3 Å². The molecule has 1 fully saturated rings. The van der Waals surface area contributed by atoms with Crippen LogP contribution in [-0.2, 0) is 14.8 Å². The number of methoxy groups -OCH3 is 1. The molecule has 0 radical (unpaired) electrons. The molecule has 2 aromatic carbocycles. The maximum Gasteiger partial charge on any atom is 0.243 e. The van der Waals surface area contributed by atoms with Crippen molar-refractivity contribution in [3.63, 3.8) is 0 Å². The fourth-order valence-corrected chi connectivity index (χ4v) is 5.43. The van der Waals surface area contributed by atoms with E-state index < -0.39 is 10.0 Å². The standard InChI is InChI=1S/C22H27ClN2O4S/c1-3-21(16-6-4-8-18(23)14-16)24-22(26)17-7-5-13-25(15-17)30(27,28)20-11-9-19(29-2)10-12-20/h4,6,8-12,14,17,21H,3,5,7,13,15H2,1-2H3,(H,24,26). The molecule has 2 unspecified atom stereocenters. The van der Waals surface area contributed by atoms with Crippen molar-refractivity contribution < 1.29 is 17.9 Å². The number of carbonyl (C=O) groups excluding carboxylic acids is 1. The van der Waals surface area contributed by atoms with E-state index in [9.17, 15) is 13.2 Å². The second-order valence-corrected chi connectivity index (χ2v) is 9.78. The van der Waals surface area contributed by atoms with Crippen LogP contribution >= 0.6 is 11.6 Å². The highest BCUT2D eigenvalue weighted by Crippen LogP contribution is 2.27. The molecule has 1 aliphatic heterocycles. The van der Waals surface area contributed by atoms with Crippen LogP contribution in [0.15, 0.2) is 53.4 Å². The average Bonchev–Trinajstić information content (AvgIpc) is 2.77. The van der Waals surface area contributed by atoms with Crippen molar-refractivity contribution in [2.24, 2.45) is 5.92 Å². The minimum absolute atomic E-state index is 0.128. The van der Waals surface area contributed by atoms with Gasteiger partial charge in [0, 0.05) is 18.1 Å². The predicted octanol–water partition coefficient (Wildman–Crippen LogP) is 4.02. The molecule has 1 saturated heterocycles. The Morgan fingerprint density at radius 1 is 1.27 bits per heavy atom. The lowest BCUT2D eigenvalue weighted by molar-refractivity contribution is -0.126. The monoisotopic (exact) mass is 450 g/mol. The maximum atomic E-state index is 13.0. The second kappa shape index (κ2) is 9.81. The highest BCUT2D eigenvalue weighted by molar-refractivity contribution is 7.89. The molecule has 8 heteroatoms. The third-order valence-electron chi connectivity index (χ3n) is 5.43. The molecule has 0 aromatic heterocycles. The number of rotatable bonds is 7. The summed E-state index contributed by atoms with van der Waals surface area (Å²) in [5.74, 6) is 0.0768. The lowest BCUT2D eigenvalue weighted by atomic mass is 9.97. The van der Waals surface area contributed by atoms with Gasteiger partial charge in [-0.15, -0.1) is 0 Å². The Balaban J connectivity index is 1.70. The molecule has 1 heterocycles. The summed E-state index contributed by atoms with van der Waals surface area (Å²) >= 11 is 6.08. The maximum absolute atomic E-state index is 13.0. The highest BCUT2D eigenvalue weighted by Gasteiger charge is 2.34. The first-order chi connectivity index (χ1) is 14.3. The van der Waals surface area contributed by atoms with Crippen molar-refractivity contribution in [2.75, 3.05) is 20.2 Å². The number of hydrogen-bond acceptors (Lipinski definition) is 4. The van der Waals surface area contributed by atoms with Crippen LogP contribution in [-0.4, -0.2) is 38.8 Å². The number of halogens is 1. The molecule has 1 aliphatic rings. The summed E-state index contributed by atoms with van der Waals surface area (Å²) in [5.41, 5.74) is 0.942. The normalized spacial score (nSPS) is 18.6. The number of nitrogens with zero attached hydrogens (tertiary/aromatic N) is 1. The summed E-state index contributed by atoms with van der Waals surface area (Å²) in [4.78, 5) is 13.1. The van der Waals surface area contributed by atoms with Gasteiger partial charge in [-0.05, 0) is 61.2 Å². The summed E-state index contributed by atoms with van der Waals surface area (Å²) in [5, 5.41) is 3.69. The first kappa shape index (κ1) is 22.6. The summed E-state index contributed by atoms with van der Waals surface area (Å²) < 4.78 is 32.6. The first-order valence-electron chi connectivity index (χ1n) is 10.0. The van der Waals surface area contributed by atoms with Crippen LogP contribution in [0.2, 0.25) is 5.02 Å². The van der Waals surface area contributed by atoms with Crippen LogP contribution in [0.1, 0.15) is 37.8 Å². The van der Waals surface area contributed by atoms with Gasteiger partial charge in [-0.3, -0.25) is 4.79 Å². The molecule has 0 spiro atoms.